The Morgan fingerprint density at radius 3 is 2.79 bits per heavy atom. The lowest BCUT2D eigenvalue weighted by Crippen LogP contribution is -2.11. The molecule has 1 N–H and O–H groups in total. The number of hydrogen-bond acceptors (Lipinski definition) is 5. The van der Waals surface area contributed by atoms with E-state index in [9.17, 15) is 4.79 Å². The average molecular weight is 363 g/mol. The summed E-state index contributed by atoms with van der Waals surface area (Å²) in [5.74, 6) is 0.223. The molecule has 7 heteroatoms. The first-order chi connectivity index (χ1) is 11.7. The van der Waals surface area contributed by atoms with Gasteiger partial charge in [-0.2, -0.15) is 0 Å². The quantitative estimate of drug-likeness (QED) is 0.667. The Kier molecular flexibility index (Phi) is 5.30. The number of nitrogens with one attached hydrogen (secondary N) is 1. The summed E-state index contributed by atoms with van der Waals surface area (Å²) in [6, 6.07) is 11.1. The number of amides is 1. The molecular weight excluding hydrogens is 348 g/mol. The van der Waals surface area contributed by atoms with E-state index >= 15 is 0 Å². The maximum absolute atomic E-state index is 12.4. The number of pyridine rings is 1. The molecule has 0 saturated carbocycles. The van der Waals surface area contributed by atoms with Crippen molar-refractivity contribution >= 4 is 44.6 Å². The van der Waals surface area contributed by atoms with Gasteiger partial charge in [-0.05, 0) is 12.1 Å². The van der Waals surface area contributed by atoms with E-state index in [1.54, 1.807) is 25.4 Å². The Labute approximate surface area is 148 Å². The van der Waals surface area contributed by atoms with Crippen molar-refractivity contribution in [1.29, 1.82) is 0 Å². The lowest BCUT2D eigenvalue weighted by Gasteiger charge is -2.06. The summed E-state index contributed by atoms with van der Waals surface area (Å²) in [6.45, 7) is 0.914. The highest BCUT2D eigenvalue weighted by atomic mass is 35.5. The molecule has 0 aliphatic rings. The molecule has 0 unspecified atom stereocenters. The van der Waals surface area contributed by atoms with Gasteiger partial charge >= 0.3 is 0 Å². The SMILES string of the molecule is COCCOc1ccc(NC(=O)c2sc3ccccc3c2Cl)cn1. The molecule has 3 rings (SSSR count). The number of hydrogen-bond donors (Lipinski definition) is 1. The summed E-state index contributed by atoms with van der Waals surface area (Å²) in [7, 11) is 1.61. The molecule has 5 nitrogen and oxygen atoms in total. The van der Waals surface area contributed by atoms with Crippen molar-refractivity contribution in [2.75, 3.05) is 25.6 Å². The Bertz CT molecular complexity index is 849. The fourth-order valence-corrected chi connectivity index (χ4v) is 3.53. The maximum atomic E-state index is 12.4. The zero-order valence-electron chi connectivity index (χ0n) is 12.9. The van der Waals surface area contributed by atoms with Gasteiger partial charge in [0.1, 0.15) is 11.5 Å². The van der Waals surface area contributed by atoms with Gasteiger partial charge in [-0.1, -0.05) is 29.8 Å². The minimum atomic E-state index is -0.254. The predicted molar refractivity (Wildman–Crippen MR) is 96.4 cm³/mol. The van der Waals surface area contributed by atoms with Crippen LogP contribution < -0.4 is 10.1 Å². The van der Waals surface area contributed by atoms with Crippen LogP contribution in [0.15, 0.2) is 42.6 Å². The highest BCUT2D eigenvalue weighted by Gasteiger charge is 2.17. The van der Waals surface area contributed by atoms with Crippen molar-refractivity contribution in [2.45, 2.75) is 0 Å². The van der Waals surface area contributed by atoms with Crippen molar-refractivity contribution in [3.63, 3.8) is 0 Å². The normalized spacial score (nSPS) is 10.8. The Morgan fingerprint density at radius 1 is 1.25 bits per heavy atom. The molecule has 3 aromatic rings. The van der Waals surface area contributed by atoms with E-state index in [4.69, 9.17) is 21.1 Å². The monoisotopic (exact) mass is 362 g/mol. The molecule has 0 radical (unpaired) electrons. The Morgan fingerprint density at radius 2 is 2.08 bits per heavy atom. The van der Waals surface area contributed by atoms with E-state index in [-0.39, 0.29) is 5.91 Å². The Balaban J connectivity index is 1.70. The number of rotatable bonds is 6. The molecule has 2 aromatic heterocycles. The summed E-state index contributed by atoms with van der Waals surface area (Å²) in [5, 5.41) is 4.16. The van der Waals surface area contributed by atoms with Crippen molar-refractivity contribution in [3.05, 3.63) is 52.5 Å². The van der Waals surface area contributed by atoms with Gasteiger partial charge in [-0.25, -0.2) is 4.98 Å². The first-order valence-corrected chi connectivity index (χ1v) is 8.44. The van der Waals surface area contributed by atoms with Crippen LogP contribution in [-0.4, -0.2) is 31.2 Å². The molecule has 0 bridgehead atoms. The second kappa shape index (κ2) is 7.61. The van der Waals surface area contributed by atoms with Gasteiger partial charge < -0.3 is 14.8 Å². The largest absolute Gasteiger partial charge is 0.475 e. The topological polar surface area (TPSA) is 60.5 Å². The number of carbonyl (C=O) groups is 1. The third kappa shape index (κ3) is 3.67. The fourth-order valence-electron chi connectivity index (χ4n) is 2.12. The van der Waals surface area contributed by atoms with Crippen LogP contribution in [-0.2, 0) is 4.74 Å². The summed E-state index contributed by atoms with van der Waals surface area (Å²) in [6.07, 6.45) is 1.54. The molecule has 1 amide bonds. The van der Waals surface area contributed by atoms with E-state index in [0.29, 0.717) is 34.7 Å². The summed E-state index contributed by atoms with van der Waals surface area (Å²) >= 11 is 7.68. The van der Waals surface area contributed by atoms with Crippen LogP contribution in [0.3, 0.4) is 0 Å². The highest BCUT2D eigenvalue weighted by molar-refractivity contribution is 7.21. The number of fused-ring (bicyclic) bond motifs is 1. The molecule has 0 aliphatic heterocycles. The number of methoxy groups -OCH3 is 1. The lowest BCUT2D eigenvalue weighted by molar-refractivity contribution is 0.103. The van der Waals surface area contributed by atoms with Crippen LogP contribution >= 0.6 is 22.9 Å². The van der Waals surface area contributed by atoms with Crippen LogP contribution in [0.1, 0.15) is 9.67 Å². The van der Waals surface area contributed by atoms with Crippen LogP contribution in [0, 0.1) is 0 Å². The third-order valence-electron chi connectivity index (χ3n) is 3.27. The van der Waals surface area contributed by atoms with Crippen molar-refractivity contribution in [3.8, 4) is 5.88 Å². The summed E-state index contributed by atoms with van der Waals surface area (Å²) in [5.41, 5.74) is 0.576. The van der Waals surface area contributed by atoms with Crippen molar-refractivity contribution in [1.82, 2.24) is 4.98 Å². The minimum Gasteiger partial charge on any atom is -0.475 e. The number of carbonyl (C=O) groups excluding carboxylic acids is 1. The number of anilines is 1. The van der Waals surface area contributed by atoms with Crippen LogP contribution in [0.2, 0.25) is 5.02 Å². The van der Waals surface area contributed by atoms with Crippen LogP contribution in [0.25, 0.3) is 10.1 Å². The predicted octanol–water partition coefficient (Wildman–Crippen LogP) is 4.23. The first-order valence-electron chi connectivity index (χ1n) is 7.25. The second-order valence-corrected chi connectivity index (χ2v) is 6.35. The van der Waals surface area contributed by atoms with Gasteiger partial charge in [0.25, 0.3) is 5.91 Å². The van der Waals surface area contributed by atoms with E-state index < -0.39 is 0 Å². The van der Waals surface area contributed by atoms with Gasteiger partial charge in [-0.3, -0.25) is 4.79 Å². The van der Waals surface area contributed by atoms with Gasteiger partial charge in [0.15, 0.2) is 0 Å². The molecule has 1 aromatic carbocycles. The summed E-state index contributed by atoms with van der Waals surface area (Å²) in [4.78, 5) is 17.1. The number of aromatic nitrogens is 1. The minimum absolute atomic E-state index is 0.254. The number of benzene rings is 1. The van der Waals surface area contributed by atoms with E-state index in [0.717, 1.165) is 10.1 Å². The second-order valence-electron chi connectivity index (χ2n) is 4.92. The molecule has 2 heterocycles. The maximum Gasteiger partial charge on any atom is 0.267 e. The van der Waals surface area contributed by atoms with Gasteiger partial charge in [0, 0.05) is 23.3 Å². The summed E-state index contributed by atoms with van der Waals surface area (Å²) < 4.78 is 11.3. The molecular formula is C17H15ClN2O3S. The van der Waals surface area contributed by atoms with Gasteiger partial charge in [-0.15, -0.1) is 11.3 Å². The number of ether oxygens (including phenoxy) is 2. The van der Waals surface area contributed by atoms with Gasteiger partial charge in [0.2, 0.25) is 5.88 Å². The highest BCUT2D eigenvalue weighted by Crippen LogP contribution is 2.35. The zero-order valence-corrected chi connectivity index (χ0v) is 14.5. The number of nitrogens with zero attached hydrogens (tertiary/aromatic N) is 1. The smallest absolute Gasteiger partial charge is 0.267 e. The van der Waals surface area contributed by atoms with Crippen molar-refractivity contribution in [2.24, 2.45) is 0 Å². The molecule has 0 saturated heterocycles. The lowest BCUT2D eigenvalue weighted by atomic mass is 10.2. The molecule has 0 aliphatic carbocycles. The third-order valence-corrected chi connectivity index (χ3v) is 4.95. The zero-order chi connectivity index (χ0) is 16.9. The Hall–Kier alpha value is -2.15. The molecule has 24 heavy (non-hydrogen) atoms. The molecule has 0 spiro atoms. The molecule has 124 valence electrons. The average Bonchev–Trinajstić information content (AvgIpc) is 2.94. The van der Waals surface area contributed by atoms with E-state index in [1.165, 1.54) is 11.3 Å². The number of halogens is 1. The molecule has 0 fully saturated rings. The van der Waals surface area contributed by atoms with E-state index in [2.05, 4.69) is 10.3 Å². The van der Waals surface area contributed by atoms with Crippen molar-refractivity contribution < 1.29 is 14.3 Å². The fraction of sp³-hybridized carbons (Fsp3) is 0.176. The first kappa shape index (κ1) is 16.7. The van der Waals surface area contributed by atoms with Crippen LogP contribution in [0.4, 0.5) is 5.69 Å². The van der Waals surface area contributed by atoms with E-state index in [1.807, 2.05) is 24.3 Å². The van der Waals surface area contributed by atoms with Crippen LogP contribution in [0.5, 0.6) is 5.88 Å². The van der Waals surface area contributed by atoms with Gasteiger partial charge in [0.05, 0.1) is 23.5 Å². The molecule has 0 atom stereocenters. The standard InChI is InChI=1S/C17H15ClN2O3S/c1-22-8-9-23-14-7-6-11(10-19-14)20-17(21)16-15(18)12-4-2-3-5-13(12)24-16/h2-7,10H,8-9H2,1H3,(H,20,21). The number of thiophene rings is 1.